The average Bonchev–Trinajstić information content (AvgIpc) is 3.18. The molecule has 0 amide bonds. The van der Waals surface area contributed by atoms with Gasteiger partial charge in [0.1, 0.15) is 0 Å². The number of carbonyl (C=O) groups is 1. The van der Waals surface area contributed by atoms with E-state index in [2.05, 4.69) is 95.9 Å². The largest absolute Gasteiger partial charge is 0.480 e. The molecule has 0 unspecified atom stereocenters. The fourth-order valence-electron chi connectivity index (χ4n) is 7.71. The maximum absolute atomic E-state index is 13.6. The molecule has 5 nitrogen and oxygen atoms in total. The van der Waals surface area contributed by atoms with Gasteiger partial charge < -0.3 is 9.64 Å². The maximum Gasteiger partial charge on any atom is 0.225 e. The number of allylic oxidation sites excluding steroid dienone is 4. The average molecular weight is 650 g/mol. The van der Waals surface area contributed by atoms with Gasteiger partial charge in [0.25, 0.3) is 0 Å². The van der Waals surface area contributed by atoms with E-state index in [9.17, 15) is 4.79 Å². The second-order valence-corrected chi connectivity index (χ2v) is 13.1. The third-order valence-electron chi connectivity index (χ3n) is 10.2. The van der Waals surface area contributed by atoms with Crippen LogP contribution in [0.4, 0.5) is 5.69 Å². The Morgan fingerprint density at radius 1 is 0.700 bits per heavy atom. The highest BCUT2D eigenvalue weighted by atomic mass is 16.5. The highest BCUT2D eigenvalue weighted by Gasteiger charge is 2.26. The predicted molar refractivity (Wildman–Crippen MR) is 206 cm³/mol. The first-order valence-electron chi connectivity index (χ1n) is 17.3. The normalized spacial score (nSPS) is 15.8. The van der Waals surface area contributed by atoms with Crippen molar-refractivity contribution in [2.45, 2.75) is 19.3 Å². The van der Waals surface area contributed by atoms with Gasteiger partial charge in [-0.1, -0.05) is 97.1 Å². The Kier molecular flexibility index (Phi) is 7.46. The van der Waals surface area contributed by atoms with Crippen molar-refractivity contribution < 1.29 is 9.53 Å². The number of piperidine rings is 1. The molecule has 6 aromatic carbocycles. The number of anilines is 1. The van der Waals surface area contributed by atoms with E-state index in [1.807, 2.05) is 30.4 Å². The molecule has 242 valence electrons. The first kappa shape index (κ1) is 30.0. The number of aromatic nitrogens is 2. The standard InChI is InChI=1S/C45H35N3O2/c1-50-45-43-38(24-23-35(29-9-4-2-5-10-29)30-15-19-34(20-16-30)48-27-6-3-7-28-48)40(49)26-25-39(43)46-44(47-45)37-22-18-33-14-13-31-11-8-12-32-17-21-36(37)42(33)41(31)32/h2,4-5,8-26H,3,6-7,27-28H2,1H3/b35-23+,38-24-. The fraction of sp³-hybridized carbons (Fsp3) is 0.133. The van der Waals surface area contributed by atoms with Gasteiger partial charge in [-0.05, 0) is 105 Å². The van der Waals surface area contributed by atoms with E-state index in [0.717, 1.165) is 40.7 Å². The van der Waals surface area contributed by atoms with Crippen LogP contribution in [0.1, 0.15) is 41.6 Å². The number of benzene rings is 6. The molecule has 0 saturated carbocycles. The molecule has 0 bridgehead atoms. The quantitative estimate of drug-likeness (QED) is 0.133. The molecule has 1 aliphatic carbocycles. The number of nitrogens with zero attached hydrogens (tertiary/aromatic N) is 3. The lowest BCUT2D eigenvalue weighted by Gasteiger charge is -2.29. The van der Waals surface area contributed by atoms with Gasteiger partial charge in [0.2, 0.25) is 5.88 Å². The summed E-state index contributed by atoms with van der Waals surface area (Å²) in [6.07, 6.45) is 11.1. The van der Waals surface area contributed by atoms with Crippen molar-refractivity contribution in [1.29, 1.82) is 0 Å². The molecule has 2 heterocycles. The summed E-state index contributed by atoms with van der Waals surface area (Å²) in [6, 6.07) is 38.4. The number of hydrogen-bond acceptors (Lipinski definition) is 5. The molecule has 0 spiro atoms. The van der Waals surface area contributed by atoms with Crippen LogP contribution in [-0.2, 0) is 4.79 Å². The van der Waals surface area contributed by atoms with Crippen molar-refractivity contribution >= 4 is 61.0 Å². The van der Waals surface area contributed by atoms with Gasteiger partial charge in [0.05, 0.1) is 18.4 Å². The van der Waals surface area contributed by atoms with E-state index in [1.54, 1.807) is 19.3 Å². The van der Waals surface area contributed by atoms with Crippen LogP contribution in [0.3, 0.4) is 0 Å². The molecule has 0 radical (unpaired) electrons. The summed E-state index contributed by atoms with van der Waals surface area (Å²) < 4.78 is 5.92. The first-order chi connectivity index (χ1) is 24.7. The zero-order valence-electron chi connectivity index (χ0n) is 27.9. The summed E-state index contributed by atoms with van der Waals surface area (Å²) in [5.41, 5.74) is 7.11. The van der Waals surface area contributed by atoms with Crippen LogP contribution in [0.15, 0.2) is 127 Å². The van der Waals surface area contributed by atoms with Gasteiger partial charge in [0.15, 0.2) is 11.6 Å². The minimum Gasteiger partial charge on any atom is -0.480 e. The Hall–Kier alpha value is -6.07. The Bertz CT molecular complexity index is 2490. The van der Waals surface area contributed by atoms with Crippen LogP contribution in [0.25, 0.3) is 60.9 Å². The Morgan fingerprint density at radius 3 is 2.16 bits per heavy atom. The first-order valence-corrected chi connectivity index (χ1v) is 17.3. The molecule has 0 atom stereocenters. The third-order valence-corrected chi connectivity index (χ3v) is 10.2. The van der Waals surface area contributed by atoms with Crippen LogP contribution < -0.4 is 9.64 Å². The number of rotatable bonds is 6. The van der Waals surface area contributed by atoms with Crippen molar-refractivity contribution in [3.05, 3.63) is 150 Å². The fourth-order valence-corrected chi connectivity index (χ4v) is 7.71. The molecule has 1 fully saturated rings. The molecule has 2 aliphatic rings. The number of carbonyl (C=O) groups excluding carboxylic acids is 1. The van der Waals surface area contributed by atoms with Crippen LogP contribution in [-0.4, -0.2) is 36.0 Å². The molecule has 1 aliphatic heterocycles. The smallest absolute Gasteiger partial charge is 0.225 e. The van der Waals surface area contributed by atoms with Crippen molar-refractivity contribution in [3.8, 4) is 17.3 Å². The summed E-state index contributed by atoms with van der Waals surface area (Å²) >= 11 is 0. The van der Waals surface area contributed by atoms with Crippen molar-refractivity contribution in [2.24, 2.45) is 0 Å². The number of fused-ring (bicyclic) bond motifs is 1. The monoisotopic (exact) mass is 649 g/mol. The molecule has 50 heavy (non-hydrogen) atoms. The van der Waals surface area contributed by atoms with E-state index >= 15 is 0 Å². The molecule has 0 N–H and O–H groups in total. The summed E-state index contributed by atoms with van der Waals surface area (Å²) in [4.78, 5) is 26.0. The number of hydrogen-bond donors (Lipinski definition) is 0. The molecule has 7 aromatic rings. The van der Waals surface area contributed by atoms with E-state index in [-0.39, 0.29) is 5.78 Å². The highest BCUT2D eigenvalue weighted by molar-refractivity contribution is 6.30. The molecular formula is C45H35N3O2. The highest BCUT2D eigenvalue weighted by Crippen LogP contribution is 2.41. The zero-order valence-corrected chi connectivity index (χ0v) is 27.9. The SMILES string of the molecule is COc1nc(-c2ccc3ccc4cccc5ccc2c3c45)nc2c1/C(=C\C=C(/c1ccccc1)c1ccc(N3CCCCC3)cc1)C(=O)C=C2. The van der Waals surface area contributed by atoms with E-state index in [1.165, 1.54) is 51.9 Å². The predicted octanol–water partition coefficient (Wildman–Crippen LogP) is 10.2. The summed E-state index contributed by atoms with van der Waals surface area (Å²) in [5.74, 6) is 0.824. The third kappa shape index (κ3) is 5.14. The lowest BCUT2D eigenvalue weighted by molar-refractivity contribution is -0.109. The van der Waals surface area contributed by atoms with E-state index in [0.29, 0.717) is 28.5 Å². The Morgan fingerprint density at radius 2 is 1.40 bits per heavy atom. The van der Waals surface area contributed by atoms with Gasteiger partial charge in [0, 0.05) is 29.9 Å². The molecule has 5 heteroatoms. The zero-order chi connectivity index (χ0) is 33.6. The Labute approximate surface area is 291 Å². The van der Waals surface area contributed by atoms with Crippen molar-refractivity contribution in [2.75, 3.05) is 25.1 Å². The van der Waals surface area contributed by atoms with E-state index < -0.39 is 0 Å². The molecule has 1 saturated heterocycles. The summed E-state index contributed by atoms with van der Waals surface area (Å²) in [5, 5.41) is 7.12. The van der Waals surface area contributed by atoms with Gasteiger partial charge in [-0.25, -0.2) is 4.98 Å². The number of methoxy groups -OCH3 is 1. The van der Waals surface area contributed by atoms with Gasteiger partial charge in [-0.2, -0.15) is 4.98 Å². The van der Waals surface area contributed by atoms with Crippen LogP contribution in [0, 0.1) is 0 Å². The molecule has 9 rings (SSSR count). The molecular weight excluding hydrogens is 615 g/mol. The lowest BCUT2D eigenvalue weighted by atomic mass is 9.91. The van der Waals surface area contributed by atoms with Gasteiger partial charge in [-0.3, -0.25) is 4.79 Å². The summed E-state index contributed by atoms with van der Waals surface area (Å²) in [6.45, 7) is 2.20. The minimum atomic E-state index is -0.112. The van der Waals surface area contributed by atoms with Crippen molar-refractivity contribution in [1.82, 2.24) is 9.97 Å². The van der Waals surface area contributed by atoms with E-state index in [4.69, 9.17) is 14.7 Å². The van der Waals surface area contributed by atoms with Crippen LogP contribution in [0.5, 0.6) is 5.88 Å². The van der Waals surface area contributed by atoms with Crippen molar-refractivity contribution in [3.63, 3.8) is 0 Å². The molecule has 1 aromatic heterocycles. The Balaban J connectivity index is 1.15. The minimum absolute atomic E-state index is 0.112. The number of ether oxygens (including phenoxy) is 1. The second kappa shape index (κ2) is 12.4. The summed E-state index contributed by atoms with van der Waals surface area (Å²) in [7, 11) is 1.60. The number of ketones is 1. The van der Waals surface area contributed by atoms with Crippen LogP contribution in [0.2, 0.25) is 0 Å². The maximum atomic E-state index is 13.6. The van der Waals surface area contributed by atoms with Gasteiger partial charge in [-0.15, -0.1) is 0 Å². The lowest BCUT2D eigenvalue weighted by Crippen LogP contribution is -2.29. The van der Waals surface area contributed by atoms with Crippen LogP contribution >= 0.6 is 0 Å². The topological polar surface area (TPSA) is 55.3 Å². The second-order valence-electron chi connectivity index (χ2n) is 13.1. The van der Waals surface area contributed by atoms with Gasteiger partial charge >= 0.3 is 0 Å².